The van der Waals surface area contributed by atoms with Crippen molar-refractivity contribution in [2.24, 2.45) is 0 Å². The first-order chi connectivity index (χ1) is 15.0. The molecular formula is C26H40N2O4Ti. The molecule has 0 heterocycles. The number of benzene rings is 2. The first kappa shape index (κ1) is 33.8. The van der Waals surface area contributed by atoms with E-state index in [1.165, 1.54) is 0 Å². The molecule has 0 fully saturated rings. The van der Waals surface area contributed by atoms with Gasteiger partial charge in [-0.15, -0.1) is 24.7 Å². The van der Waals surface area contributed by atoms with Crippen LogP contribution in [0.5, 0.6) is 11.5 Å². The molecule has 0 spiro atoms. The summed E-state index contributed by atoms with van der Waals surface area (Å²) in [7, 11) is 4.06. The van der Waals surface area contributed by atoms with E-state index < -0.39 is 0 Å². The number of hydrogen-bond acceptors (Lipinski definition) is 6. The van der Waals surface area contributed by atoms with E-state index in [1.54, 1.807) is 13.8 Å². The zero-order chi connectivity index (χ0) is 24.8. The third kappa shape index (κ3) is 13.2. The molecule has 7 heteroatoms. The fraction of sp³-hybridized carbons (Fsp3) is 0.538. The van der Waals surface area contributed by atoms with Gasteiger partial charge in [0.15, 0.2) is 0 Å². The number of hydrogen-bond donors (Lipinski definition) is 0. The van der Waals surface area contributed by atoms with Gasteiger partial charge < -0.3 is 30.2 Å². The maximum absolute atomic E-state index is 12.3. The average Bonchev–Trinajstić information content (AvgIpc) is 2.69. The fourth-order valence-corrected chi connectivity index (χ4v) is 3.40. The van der Waals surface area contributed by atoms with Crippen molar-refractivity contribution in [2.45, 2.75) is 54.6 Å². The molecule has 0 saturated carbocycles. The van der Waals surface area contributed by atoms with E-state index >= 15 is 0 Å². The van der Waals surface area contributed by atoms with Gasteiger partial charge in [0.05, 0.1) is 0 Å². The van der Waals surface area contributed by atoms with Gasteiger partial charge in [-0.2, -0.15) is 0 Å². The molecular weight excluding hydrogens is 452 g/mol. The molecule has 0 unspecified atom stereocenters. The quantitative estimate of drug-likeness (QED) is 0.542. The maximum atomic E-state index is 12.3. The minimum Gasteiger partial charge on any atom is -0.872 e. The van der Waals surface area contributed by atoms with Crippen LogP contribution < -0.4 is 20.4 Å². The molecule has 2 rings (SSSR count). The van der Waals surface area contributed by atoms with Gasteiger partial charge >= 0.3 is 21.7 Å². The Morgan fingerprint density at radius 1 is 0.636 bits per heavy atom. The molecule has 2 aromatic rings. The summed E-state index contributed by atoms with van der Waals surface area (Å²) in [4.78, 5) is 4.32. The Labute approximate surface area is 215 Å². The molecule has 6 nitrogen and oxygen atoms in total. The Balaban J connectivity index is 0. The van der Waals surface area contributed by atoms with Crippen molar-refractivity contribution in [3.63, 3.8) is 0 Å². The predicted octanol–water partition coefficient (Wildman–Crippen LogP) is 1.36. The van der Waals surface area contributed by atoms with Crippen molar-refractivity contribution in [3.05, 3.63) is 57.6 Å². The largest absolute Gasteiger partial charge is 4.00 e. The molecule has 0 saturated heterocycles. The van der Waals surface area contributed by atoms with Crippen LogP contribution in [0.25, 0.3) is 0 Å². The minimum atomic E-state index is 0. The molecule has 0 amide bonds. The molecule has 0 aliphatic rings. The van der Waals surface area contributed by atoms with Crippen molar-refractivity contribution in [1.82, 2.24) is 9.80 Å². The molecule has 0 bridgehead atoms. The van der Waals surface area contributed by atoms with Crippen molar-refractivity contribution in [2.75, 3.05) is 40.4 Å². The zero-order valence-corrected chi connectivity index (χ0v) is 23.1. The van der Waals surface area contributed by atoms with Crippen molar-refractivity contribution < 1.29 is 42.1 Å². The maximum Gasteiger partial charge on any atom is 4.00 e. The topological polar surface area (TPSA) is 98.7 Å². The number of likely N-dealkylation sites (N-methyl/N-ethyl adjacent to an activating group) is 2. The van der Waals surface area contributed by atoms with E-state index in [4.69, 9.17) is 10.2 Å². The predicted molar refractivity (Wildman–Crippen MR) is 124 cm³/mol. The Bertz CT molecular complexity index is 748. The summed E-state index contributed by atoms with van der Waals surface area (Å²) in [6, 6.07) is 7.83. The van der Waals surface area contributed by atoms with Crippen LogP contribution in [0.15, 0.2) is 24.3 Å². The third-order valence-electron chi connectivity index (χ3n) is 4.74. The van der Waals surface area contributed by atoms with Crippen LogP contribution in [0.3, 0.4) is 0 Å². The van der Waals surface area contributed by atoms with Crippen LogP contribution in [-0.4, -0.2) is 50.2 Å². The molecule has 0 atom stereocenters. The number of nitrogens with zero attached hydrogens (tertiary/aromatic N) is 2. The molecule has 0 radical (unpaired) electrons. The SMILES string of the molecule is CC[O-].CC[O-].Cc1cc(C)c([O-])c(CN(C)CCN(C)Cc2cc(C)cc(C)c2[O-])c1.[Ti+4]. The molecule has 33 heavy (non-hydrogen) atoms. The van der Waals surface area contributed by atoms with E-state index in [2.05, 4.69) is 9.80 Å². The van der Waals surface area contributed by atoms with Crippen LogP contribution in [0.2, 0.25) is 0 Å². The van der Waals surface area contributed by atoms with Crippen LogP contribution in [0.1, 0.15) is 47.2 Å². The van der Waals surface area contributed by atoms with Crippen LogP contribution >= 0.6 is 0 Å². The average molecular weight is 492 g/mol. The summed E-state index contributed by atoms with van der Waals surface area (Å²) < 4.78 is 0. The van der Waals surface area contributed by atoms with E-state index in [-0.39, 0.29) is 46.4 Å². The fourth-order valence-electron chi connectivity index (χ4n) is 3.40. The van der Waals surface area contributed by atoms with Crippen LogP contribution in [0.4, 0.5) is 0 Å². The third-order valence-corrected chi connectivity index (χ3v) is 4.74. The molecule has 0 aromatic heterocycles. The summed E-state index contributed by atoms with van der Waals surface area (Å²) in [5, 5.41) is 42.4. The Kier molecular flexibility index (Phi) is 18.4. The number of aryl methyl sites for hydroxylation is 4. The van der Waals surface area contributed by atoms with E-state index in [0.717, 1.165) is 46.5 Å². The molecule has 0 aliphatic heterocycles. The standard InChI is InChI=1S/C22H32N2O2.2C2H5O.Ti/c1-15-9-17(3)21(25)19(11-15)13-23(5)7-8-24(6)14-20-12-16(2)10-18(4)22(20)26;2*1-2-3;/h9-12,25-26H,7-8,13-14H2,1-6H3;2*2H2,1H3;/q;2*-1;+4/p-2. The smallest absolute Gasteiger partial charge is 0.872 e. The Hall–Kier alpha value is -1.41. The van der Waals surface area contributed by atoms with Gasteiger partial charge in [-0.1, -0.05) is 60.4 Å². The second-order valence-corrected chi connectivity index (χ2v) is 8.19. The first-order valence-electron chi connectivity index (χ1n) is 11.1. The van der Waals surface area contributed by atoms with Gasteiger partial charge in [-0.3, -0.25) is 0 Å². The van der Waals surface area contributed by atoms with Gasteiger partial charge in [0.25, 0.3) is 0 Å². The summed E-state index contributed by atoms with van der Waals surface area (Å²) in [6.07, 6.45) is 0. The van der Waals surface area contributed by atoms with Crippen molar-refractivity contribution in [1.29, 1.82) is 0 Å². The normalized spacial score (nSPS) is 10.2. The van der Waals surface area contributed by atoms with Gasteiger partial charge in [-0.25, -0.2) is 0 Å². The van der Waals surface area contributed by atoms with Crippen LogP contribution in [0, 0.1) is 27.7 Å². The Morgan fingerprint density at radius 3 is 1.18 bits per heavy atom. The van der Waals surface area contributed by atoms with E-state index in [1.807, 2.05) is 66.1 Å². The van der Waals surface area contributed by atoms with E-state index in [9.17, 15) is 10.2 Å². The van der Waals surface area contributed by atoms with Crippen molar-refractivity contribution >= 4 is 0 Å². The first-order valence-corrected chi connectivity index (χ1v) is 11.1. The molecule has 2 aromatic carbocycles. The second-order valence-electron chi connectivity index (χ2n) is 8.19. The Morgan fingerprint density at radius 2 is 0.909 bits per heavy atom. The zero-order valence-electron chi connectivity index (χ0n) is 21.6. The summed E-state index contributed by atoms with van der Waals surface area (Å²) >= 11 is 0. The molecule has 0 N–H and O–H groups in total. The van der Waals surface area contributed by atoms with Crippen molar-refractivity contribution in [3.8, 4) is 11.5 Å². The number of rotatable bonds is 7. The second kappa shape index (κ2) is 18.0. The summed E-state index contributed by atoms with van der Waals surface area (Å²) in [6.45, 7) is 13.9. The van der Waals surface area contributed by atoms with Gasteiger partial charge in [0.1, 0.15) is 0 Å². The van der Waals surface area contributed by atoms with Gasteiger partial charge in [0.2, 0.25) is 0 Å². The van der Waals surface area contributed by atoms with Gasteiger partial charge in [0, 0.05) is 26.2 Å². The molecule has 0 aliphatic carbocycles. The minimum absolute atomic E-state index is 0. The monoisotopic (exact) mass is 492 g/mol. The molecule has 182 valence electrons. The van der Waals surface area contributed by atoms with E-state index in [0.29, 0.717) is 13.1 Å². The van der Waals surface area contributed by atoms with Gasteiger partial charge in [-0.05, 0) is 52.9 Å². The summed E-state index contributed by atoms with van der Waals surface area (Å²) in [5.74, 6) is 0.282. The van der Waals surface area contributed by atoms with Crippen LogP contribution in [-0.2, 0) is 34.8 Å². The summed E-state index contributed by atoms with van der Waals surface area (Å²) in [5.41, 5.74) is 5.57.